The molecule has 0 heteroatoms. The van der Waals surface area contributed by atoms with Gasteiger partial charge in [-0.2, -0.15) is 0 Å². The van der Waals surface area contributed by atoms with Gasteiger partial charge in [-0.3, -0.25) is 0 Å². The van der Waals surface area contributed by atoms with Gasteiger partial charge in [0.2, 0.25) is 0 Å². The zero-order chi connectivity index (χ0) is 35.9. The molecule has 0 aliphatic rings. The van der Waals surface area contributed by atoms with Crippen LogP contribution in [0, 0.1) is 0 Å². The fraction of sp³-hybridized carbons (Fsp3) is 0.208. The van der Waals surface area contributed by atoms with Crippen LogP contribution in [-0.2, 0) is 0 Å². The second-order valence-electron chi connectivity index (χ2n) is 10.9. The molecule has 1 rings (SSSR count). The predicted molar refractivity (Wildman–Crippen MR) is 225 cm³/mol. The Kier molecular flexibility index (Phi) is 20.0. The molecule has 0 heterocycles. The van der Waals surface area contributed by atoms with Crippen molar-refractivity contribution in [1.29, 1.82) is 0 Å². The monoisotopic (exact) mass is 634 g/mol. The van der Waals surface area contributed by atoms with E-state index in [0.717, 1.165) is 74.9 Å². The van der Waals surface area contributed by atoms with Crippen LogP contribution in [0.15, 0.2) is 160 Å². The summed E-state index contributed by atoms with van der Waals surface area (Å²) in [6.45, 7) is 35.7. The molecule has 0 saturated carbocycles. The molecule has 0 aromatic heterocycles. The lowest BCUT2D eigenvalue weighted by atomic mass is 9.72. The Morgan fingerprint density at radius 1 is 0.479 bits per heavy atom. The van der Waals surface area contributed by atoms with E-state index in [4.69, 9.17) is 0 Å². The third-order valence-electron chi connectivity index (χ3n) is 7.58. The van der Waals surface area contributed by atoms with Crippen molar-refractivity contribution >= 4 is 33.4 Å². The summed E-state index contributed by atoms with van der Waals surface area (Å²) in [5.74, 6) is 0. The highest BCUT2D eigenvalue weighted by atomic mass is 14.3. The zero-order valence-electron chi connectivity index (χ0n) is 30.8. The summed E-state index contributed by atoms with van der Waals surface area (Å²) in [5, 5.41) is 0. The first kappa shape index (κ1) is 41.1. The highest BCUT2D eigenvalue weighted by Gasteiger charge is 2.30. The molecule has 0 N–H and O–H groups in total. The molecule has 0 fully saturated rings. The largest absolute Gasteiger partial charge is 0.0990 e. The van der Waals surface area contributed by atoms with Crippen LogP contribution >= 0.6 is 0 Å². The maximum Gasteiger partial charge on any atom is -0.00140 e. The van der Waals surface area contributed by atoms with Crippen LogP contribution in [-0.4, -0.2) is 0 Å². The van der Waals surface area contributed by atoms with E-state index in [2.05, 4.69) is 179 Å². The van der Waals surface area contributed by atoms with E-state index in [0.29, 0.717) is 0 Å². The summed E-state index contributed by atoms with van der Waals surface area (Å²) in [7, 11) is 0. The van der Waals surface area contributed by atoms with Gasteiger partial charge in [0, 0.05) is 0 Å². The standard InChI is InChI=1S/C48H58/c1-13-25-35-42(36-26-14-2)48-46(40(31-19-7)32-20-8)44(38(24-12)28-16-4)43(37(23-11)27-15-3)45(39(29-17-5)30-18-6)47(48)41(33-21-9)34-22-10/h13,15,17-27,29-36H,3,5,7,9,11,14,16,28H2,1-2,4,6,8,10,12H3/b25-13-,30-18-,32-20-,34-22-,36-26-,37-27+,38-24+,39-29+,40-31+,41-33+,42-35+. The summed E-state index contributed by atoms with van der Waals surface area (Å²) in [6, 6.07) is 0. The normalized spacial score (nSPS) is 14.3. The molecule has 0 amide bonds. The van der Waals surface area contributed by atoms with Crippen molar-refractivity contribution in [3.8, 4) is 0 Å². The number of hydrogen-bond acceptors (Lipinski definition) is 0. The fourth-order valence-electron chi connectivity index (χ4n) is 5.83. The third-order valence-corrected chi connectivity index (χ3v) is 7.58. The summed E-state index contributed by atoms with van der Waals surface area (Å²) in [4.78, 5) is 0. The maximum atomic E-state index is 4.34. The smallest absolute Gasteiger partial charge is 0.00140 e. The molecule has 0 atom stereocenters. The molecule has 0 nitrogen and oxygen atoms in total. The molecular weight excluding hydrogens is 577 g/mol. The van der Waals surface area contributed by atoms with E-state index in [9.17, 15) is 0 Å². The minimum Gasteiger partial charge on any atom is -0.0990 e. The first-order valence-corrected chi connectivity index (χ1v) is 17.1. The van der Waals surface area contributed by atoms with E-state index in [-0.39, 0.29) is 0 Å². The highest BCUT2D eigenvalue weighted by Crippen LogP contribution is 2.49. The van der Waals surface area contributed by atoms with Crippen LogP contribution in [0.25, 0.3) is 33.4 Å². The molecule has 0 radical (unpaired) electrons. The lowest BCUT2D eigenvalue weighted by Gasteiger charge is -2.31. The molecule has 1 aromatic carbocycles. The van der Waals surface area contributed by atoms with E-state index in [1.165, 1.54) is 11.1 Å². The molecule has 48 heavy (non-hydrogen) atoms. The van der Waals surface area contributed by atoms with Gasteiger partial charge in [0.05, 0.1) is 0 Å². The SMILES string of the molecule is C=C/C=C(\C=C)c1c(C(/C=C\C)=C/C=C)c(C(/C=C\C)=C/C=C)c(C(/C=C\CC)=C/C=C\C)c(C(/C=C\C)=C/C=C)c1/C(=C/C)CCC. The lowest BCUT2D eigenvalue weighted by Crippen LogP contribution is -2.12. The first-order chi connectivity index (χ1) is 23.4. The Balaban J connectivity index is 5.67. The summed E-state index contributed by atoms with van der Waals surface area (Å²) in [5.41, 5.74) is 13.2. The van der Waals surface area contributed by atoms with Gasteiger partial charge < -0.3 is 0 Å². The quantitative estimate of drug-likeness (QED) is 0.133. The molecule has 0 aliphatic heterocycles. The van der Waals surface area contributed by atoms with Crippen molar-refractivity contribution < 1.29 is 0 Å². The van der Waals surface area contributed by atoms with Gasteiger partial charge in [-0.05, 0) is 114 Å². The van der Waals surface area contributed by atoms with E-state index < -0.39 is 0 Å². The van der Waals surface area contributed by atoms with Crippen molar-refractivity contribution in [3.05, 3.63) is 194 Å². The lowest BCUT2D eigenvalue weighted by molar-refractivity contribution is 0.970. The second-order valence-corrected chi connectivity index (χ2v) is 10.9. The molecular formula is C48H58. The second kappa shape index (κ2) is 23.4. The van der Waals surface area contributed by atoms with Gasteiger partial charge in [-0.25, -0.2) is 0 Å². The van der Waals surface area contributed by atoms with Crippen molar-refractivity contribution in [2.45, 2.75) is 67.7 Å². The molecule has 0 spiro atoms. The number of allylic oxidation sites excluding steroid dienone is 27. The molecule has 250 valence electrons. The van der Waals surface area contributed by atoms with Crippen LogP contribution in [0.5, 0.6) is 0 Å². The maximum absolute atomic E-state index is 4.34. The van der Waals surface area contributed by atoms with Crippen molar-refractivity contribution in [3.63, 3.8) is 0 Å². The van der Waals surface area contributed by atoms with Crippen LogP contribution in [0.1, 0.15) is 101 Å². The van der Waals surface area contributed by atoms with Gasteiger partial charge in [0.15, 0.2) is 0 Å². The van der Waals surface area contributed by atoms with Gasteiger partial charge in [0.1, 0.15) is 0 Å². The first-order valence-electron chi connectivity index (χ1n) is 17.1. The van der Waals surface area contributed by atoms with Gasteiger partial charge in [-0.1, -0.05) is 181 Å². The minimum absolute atomic E-state index is 0.900. The van der Waals surface area contributed by atoms with Crippen LogP contribution < -0.4 is 0 Å². The molecule has 0 saturated heterocycles. The summed E-state index contributed by atoms with van der Waals surface area (Å²) < 4.78 is 0. The Morgan fingerprint density at radius 3 is 1.21 bits per heavy atom. The predicted octanol–water partition coefficient (Wildman–Crippen LogP) is 15.0. The Morgan fingerprint density at radius 2 is 0.875 bits per heavy atom. The molecule has 1 aromatic rings. The van der Waals surface area contributed by atoms with Crippen LogP contribution in [0.4, 0.5) is 0 Å². The third kappa shape index (κ3) is 10.5. The van der Waals surface area contributed by atoms with Gasteiger partial charge >= 0.3 is 0 Å². The van der Waals surface area contributed by atoms with E-state index in [1.54, 1.807) is 0 Å². The van der Waals surface area contributed by atoms with Gasteiger partial charge in [-0.15, -0.1) is 0 Å². The van der Waals surface area contributed by atoms with Crippen molar-refractivity contribution in [1.82, 2.24) is 0 Å². The summed E-state index contributed by atoms with van der Waals surface area (Å²) >= 11 is 0. The molecule has 0 unspecified atom stereocenters. The zero-order valence-corrected chi connectivity index (χ0v) is 30.8. The average molecular weight is 635 g/mol. The van der Waals surface area contributed by atoms with E-state index in [1.807, 2.05) is 30.4 Å². The van der Waals surface area contributed by atoms with E-state index >= 15 is 0 Å². The number of rotatable bonds is 19. The minimum atomic E-state index is 0.900. The fourth-order valence-corrected chi connectivity index (χ4v) is 5.83. The number of hydrogen-bond donors (Lipinski definition) is 0. The number of benzene rings is 1. The highest BCUT2D eigenvalue weighted by molar-refractivity contribution is 6.07. The van der Waals surface area contributed by atoms with Gasteiger partial charge in [0.25, 0.3) is 0 Å². The van der Waals surface area contributed by atoms with Crippen LogP contribution in [0.3, 0.4) is 0 Å². The van der Waals surface area contributed by atoms with Crippen molar-refractivity contribution in [2.24, 2.45) is 0 Å². The Hall–Kier alpha value is -4.94. The summed E-state index contributed by atoms with van der Waals surface area (Å²) in [6.07, 6.45) is 46.6. The molecule has 0 bridgehead atoms. The Labute approximate surface area is 294 Å². The molecule has 0 aliphatic carbocycles. The van der Waals surface area contributed by atoms with Crippen molar-refractivity contribution in [2.75, 3.05) is 0 Å². The van der Waals surface area contributed by atoms with Crippen LogP contribution in [0.2, 0.25) is 0 Å². The topological polar surface area (TPSA) is 0 Å². The Bertz CT molecular complexity index is 1650. The average Bonchev–Trinajstić information content (AvgIpc) is 3.08.